The summed E-state index contributed by atoms with van der Waals surface area (Å²) in [5.41, 5.74) is 0.556. The first-order chi connectivity index (χ1) is 16.5. The standard InChI is InChI=1S/C23H30ClN5O6/c1-23(2,3)35-22(31)28-12-16-10-17(28)11-27(16)15-4-6-19(7-5-15)34-14-18(30)8-9-26-13-20(29(32)33)25-21(26)24/h4-7,13,16-18,30H,8-12,14H2,1-3H3/t16?,17?,18-/m0/s1. The summed E-state index contributed by atoms with van der Waals surface area (Å²) in [4.78, 5) is 30.4. The molecule has 1 N–H and O–H groups in total. The number of aryl methyl sites for hydroxylation is 1. The first kappa shape index (κ1) is 25.1. The van der Waals surface area contributed by atoms with Crippen molar-refractivity contribution in [3.8, 4) is 5.75 Å². The molecule has 2 aromatic rings. The van der Waals surface area contributed by atoms with Gasteiger partial charge in [0.25, 0.3) is 0 Å². The molecule has 2 fully saturated rings. The molecular weight excluding hydrogens is 478 g/mol. The van der Waals surface area contributed by atoms with Crippen molar-refractivity contribution in [1.29, 1.82) is 0 Å². The lowest BCUT2D eigenvalue weighted by atomic mass is 10.2. The van der Waals surface area contributed by atoms with Crippen LogP contribution in [0.1, 0.15) is 33.6 Å². The molecule has 2 bridgehead atoms. The Hall–Kier alpha value is -3.05. The molecular formula is C23H30ClN5O6. The van der Waals surface area contributed by atoms with Crippen LogP contribution >= 0.6 is 11.6 Å². The lowest BCUT2D eigenvalue weighted by Crippen LogP contribution is -2.50. The van der Waals surface area contributed by atoms with E-state index < -0.39 is 16.6 Å². The Balaban J connectivity index is 1.23. The van der Waals surface area contributed by atoms with Gasteiger partial charge < -0.3 is 34.5 Å². The average Bonchev–Trinajstić information content (AvgIpc) is 3.49. The van der Waals surface area contributed by atoms with Gasteiger partial charge >= 0.3 is 17.2 Å². The van der Waals surface area contributed by atoms with Crippen LogP contribution in [0.25, 0.3) is 0 Å². The quantitative estimate of drug-likeness (QED) is 0.425. The molecule has 0 saturated carbocycles. The number of nitro groups is 1. The zero-order valence-corrected chi connectivity index (χ0v) is 20.7. The fraction of sp³-hybridized carbons (Fsp3) is 0.565. The zero-order chi connectivity index (χ0) is 25.3. The number of carbonyl (C=O) groups is 1. The minimum absolute atomic E-state index is 0.00485. The van der Waals surface area contributed by atoms with Crippen molar-refractivity contribution in [3.63, 3.8) is 0 Å². The van der Waals surface area contributed by atoms with E-state index in [-0.39, 0.29) is 42.4 Å². The van der Waals surface area contributed by atoms with E-state index in [9.17, 15) is 20.0 Å². The molecule has 0 aliphatic carbocycles. The Labute approximate surface area is 208 Å². The maximum Gasteiger partial charge on any atom is 0.410 e. The molecule has 1 aromatic heterocycles. The van der Waals surface area contributed by atoms with Crippen molar-refractivity contribution in [2.75, 3.05) is 24.6 Å². The SMILES string of the molecule is CC(C)(C)OC(=O)N1CC2CC1CN2c1ccc(OC[C@@H](O)CCn2cc([N+](=O)[O-])nc2Cl)cc1. The molecule has 0 radical (unpaired) electrons. The highest BCUT2D eigenvalue weighted by Gasteiger charge is 2.46. The van der Waals surface area contributed by atoms with Crippen LogP contribution in [-0.4, -0.2) is 74.1 Å². The van der Waals surface area contributed by atoms with Gasteiger partial charge in [-0.15, -0.1) is 0 Å². The average molecular weight is 508 g/mol. The van der Waals surface area contributed by atoms with Gasteiger partial charge in [0.05, 0.1) is 12.1 Å². The molecule has 11 nitrogen and oxygen atoms in total. The summed E-state index contributed by atoms with van der Waals surface area (Å²) >= 11 is 5.89. The van der Waals surface area contributed by atoms with Crippen molar-refractivity contribution in [3.05, 3.63) is 45.9 Å². The number of piperazine rings is 1. The normalized spacial score (nSPS) is 20.3. The van der Waals surface area contributed by atoms with Gasteiger partial charge in [-0.05, 0) is 79.4 Å². The van der Waals surface area contributed by atoms with Crippen LogP contribution in [0.15, 0.2) is 30.5 Å². The Morgan fingerprint density at radius 2 is 2.00 bits per heavy atom. The second-order valence-corrected chi connectivity index (χ2v) is 10.2. The number of aliphatic hydroxyl groups excluding tert-OH is 1. The molecule has 2 aliphatic heterocycles. The first-order valence-corrected chi connectivity index (χ1v) is 11.9. The number of nitrogens with zero attached hydrogens (tertiary/aromatic N) is 5. The number of rotatable bonds is 8. The van der Waals surface area contributed by atoms with Crippen LogP contribution in [0.2, 0.25) is 5.28 Å². The van der Waals surface area contributed by atoms with Crippen LogP contribution in [0, 0.1) is 10.1 Å². The minimum atomic E-state index is -0.777. The number of aliphatic hydroxyl groups is 1. The second kappa shape index (κ2) is 9.90. The number of hydrogen-bond acceptors (Lipinski definition) is 8. The third kappa shape index (κ3) is 5.96. The topological polar surface area (TPSA) is 123 Å². The van der Waals surface area contributed by atoms with Gasteiger partial charge in [-0.1, -0.05) is 0 Å². The zero-order valence-electron chi connectivity index (χ0n) is 20.0. The summed E-state index contributed by atoms with van der Waals surface area (Å²) in [5, 5.41) is 21.0. The number of likely N-dealkylation sites (tertiary alicyclic amines) is 1. The number of carbonyl (C=O) groups excluding carboxylic acids is 1. The smallest absolute Gasteiger partial charge is 0.410 e. The molecule has 35 heavy (non-hydrogen) atoms. The maximum atomic E-state index is 12.4. The predicted octanol–water partition coefficient (Wildman–Crippen LogP) is 3.47. The molecule has 3 atom stereocenters. The van der Waals surface area contributed by atoms with Crippen LogP contribution < -0.4 is 9.64 Å². The summed E-state index contributed by atoms with van der Waals surface area (Å²) in [6.07, 6.45) is 1.44. The van der Waals surface area contributed by atoms with Gasteiger partial charge in [-0.2, -0.15) is 0 Å². The van der Waals surface area contributed by atoms with Crippen molar-refractivity contribution in [1.82, 2.24) is 14.5 Å². The van der Waals surface area contributed by atoms with Crippen LogP contribution in [0.4, 0.5) is 16.3 Å². The Morgan fingerprint density at radius 1 is 1.29 bits per heavy atom. The van der Waals surface area contributed by atoms with Crippen molar-refractivity contribution in [2.24, 2.45) is 0 Å². The number of aromatic nitrogens is 2. The summed E-state index contributed by atoms with van der Waals surface area (Å²) < 4.78 is 12.7. The monoisotopic (exact) mass is 507 g/mol. The van der Waals surface area contributed by atoms with E-state index in [0.717, 1.165) is 18.7 Å². The Bertz CT molecular complexity index is 1070. The minimum Gasteiger partial charge on any atom is -0.491 e. The molecule has 1 amide bonds. The summed E-state index contributed by atoms with van der Waals surface area (Å²) in [6, 6.07) is 8.07. The van der Waals surface area contributed by atoms with E-state index in [4.69, 9.17) is 21.1 Å². The van der Waals surface area contributed by atoms with Crippen LogP contribution in [-0.2, 0) is 11.3 Å². The lowest BCUT2D eigenvalue weighted by molar-refractivity contribution is -0.389. The van der Waals surface area contributed by atoms with Gasteiger partial charge in [0.15, 0.2) is 0 Å². The highest BCUT2D eigenvalue weighted by atomic mass is 35.5. The number of ether oxygens (including phenoxy) is 2. The highest BCUT2D eigenvalue weighted by Crippen LogP contribution is 2.36. The van der Waals surface area contributed by atoms with E-state index >= 15 is 0 Å². The number of anilines is 1. The molecule has 4 rings (SSSR count). The van der Waals surface area contributed by atoms with Crippen LogP contribution in [0.5, 0.6) is 5.75 Å². The summed E-state index contributed by atoms with van der Waals surface area (Å²) in [6.45, 7) is 7.38. The third-order valence-electron chi connectivity index (χ3n) is 6.08. The number of benzene rings is 1. The fourth-order valence-electron chi connectivity index (χ4n) is 4.45. The van der Waals surface area contributed by atoms with Gasteiger partial charge in [-0.3, -0.25) is 4.57 Å². The largest absolute Gasteiger partial charge is 0.491 e. The maximum absolute atomic E-state index is 12.4. The number of amides is 1. The summed E-state index contributed by atoms with van der Waals surface area (Å²) in [5.74, 6) is 0.299. The molecule has 3 heterocycles. The van der Waals surface area contributed by atoms with Gasteiger partial charge in [0.1, 0.15) is 24.2 Å². The number of fused-ring (bicyclic) bond motifs is 2. The van der Waals surface area contributed by atoms with E-state index in [1.807, 2.05) is 49.9 Å². The van der Waals surface area contributed by atoms with Crippen LogP contribution in [0.3, 0.4) is 0 Å². The van der Waals surface area contributed by atoms with Gasteiger partial charge in [0.2, 0.25) is 0 Å². The predicted molar refractivity (Wildman–Crippen MR) is 129 cm³/mol. The molecule has 0 spiro atoms. The van der Waals surface area contributed by atoms with E-state index in [0.29, 0.717) is 18.7 Å². The number of halogens is 1. The van der Waals surface area contributed by atoms with Gasteiger partial charge in [0, 0.05) is 31.4 Å². The van der Waals surface area contributed by atoms with E-state index in [1.54, 1.807) is 0 Å². The number of hydrogen-bond donors (Lipinski definition) is 1. The van der Waals surface area contributed by atoms with E-state index in [2.05, 4.69) is 9.88 Å². The van der Waals surface area contributed by atoms with Crippen molar-refractivity contribution < 1.29 is 24.3 Å². The fourth-order valence-corrected chi connectivity index (χ4v) is 4.67. The Kier molecular flexibility index (Phi) is 7.09. The first-order valence-electron chi connectivity index (χ1n) is 11.5. The lowest BCUT2D eigenvalue weighted by Gasteiger charge is -2.36. The molecule has 2 unspecified atom stereocenters. The third-order valence-corrected chi connectivity index (χ3v) is 6.39. The van der Waals surface area contributed by atoms with E-state index in [1.165, 1.54) is 10.8 Å². The number of imidazole rings is 1. The molecule has 12 heteroatoms. The van der Waals surface area contributed by atoms with Crippen molar-refractivity contribution in [2.45, 2.75) is 63.9 Å². The highest BCUT2D eigenvalue weighted by molar-refractivity contribution is 6.28. The summed E-state index contributed by atoms with van der Waals surface area (Å²) in [7, 11) is 0. The second-order valence-electron chi connectivity index (χ2n) is 9.89. The van der Waals surface area contributed by atoms with Crippen molar-refractivity contribution >= 4 is 29.2 Å². The van der Waals surface area contributed by atoms with Gasteiger partial charge in [-0.25, -0.2) is 4.79 Å². The molecule has 2 aliphatic rings. The molecule has 190 valence electrons. The molecule has 2 saturated heterocycles. The molecule has 1 aromatic carbocycles. The Morgan fingerprint density at radius 3 is 2.57 bits per heavy atom.